The summed E-state index contributed by atoms with van der Waals surface area (Å²) in [6, 6.07) is 13.6. The van der Waals surface area contributed by atoms with Gasteiger partial charge in [0.15, 0.2) is 0 Å². The fraction of sp³-hybridized carbons (Fsp3) is 0.414. The summed E-state index contributed by atoms with van der Waals surface area (Å²) in [5.74, 6) is -1.02. The second-order valence-corrected chi connectivity index (χ2v) is 10.4. The van der Waals surface area contributed by atoms with E-state index in [1.54, 1.807) is 27.0 Å². The predicted molar refractivity (Wildman–Crippen MR) is 146 cm³/mol. The molecule has 2 atom stereocenters. The number of aromatic nitrogens is 1. The Hall–Kier alpha value is -4.01. The smallest absolute Gasteiger partial charge is 0.408 e. The Morgan fingerprint density at radius 2 is 1.68 bits per heavy atom. The molecule has 0 spiro atoms. The number of benzene rings is 2. The van der Waals surface area contributed by atoms with Crippen LogP contribution in [-0.4, -0.2) is 47.8 Å². The van der Waals surface area contributed by atoms with Crippen molar-refractivity contribution in [1.82, 2.24) is 10.3 Å². The highest BCUT2D eigenvalue weighted by Gasteiger charge is 2.28. The molecule has 3 rings (SSSR count). The normalized spacial score (nSPS) is 13.0. The Morgan fingerprint density at radius 1 is 0.974 bits per heavy atom. The van der Waals surface area contributed by atoms with Gasteiger partial charge in [-0.25, -0.2) is 14.4 Å². The van der Waals surface area contributed by atoms with Crippen LogP contribution in [0.3, 0.4) is 0 Å². The standard InChI is InChI=1S/C29H37N3O6/c1-18(2)25(27(34)37-17-19-11-8-7-9-12-19)31-22-14-10-13-21-24(22)20(16-30-21)15-23(26(33)36-6)32-28(35)38-29(3,4)5/h7-14,16,18,23,25,30-31H,15,17H2,1-6H3,(H,32,35)/t23-,25-/m0/s1. The average Bonchev–Trinajstić information content (AvgIpc) is 3.27. The number of carbonyl (C=O) groups excluding carboxylic acids is 3. The number of H-pyrrole nitrogens is 1. The Kier molecular flexibility index (Phi) is 9.39. The molecule has 0 aliphatic carbocycles. The molecule has 2 aromatic carbocycles. The average molecular weight is 524 g/mol. The van der Waals surface area contributed by atoms with Crippen molar-refractivity contribution in [1.29, 1.82) is 0 Å². The van der Waals surface area contributed by atoms with E-state index < -0.39 is 29.7 Å². The van der Waals surface area contributed by atoms with Crippen LogP contribution in [0.1, 0.15) is 45.7 Å². The lowest BCUT2D eigenvalue weighted by atomic mass is 10.0. The summed E-state index contributed by atoms with van der Waals surface area (Å²) in [7, 11) is 1.27. The zero-order chi connectivity index (χ0) is 27.9. The monoisotopic (exact) mass is 523 g/mol. The van der Waals surface area contributed by atoms with Crippen LogP contribution < -0.4 is 10.6 Å². The third-order valence-electron chi connectivity index (χ3n) is 5.84. The van der Waals surface area contributed by atoms with E-state index in [9.17, 15) is 14.4 Å². The molecule has 1 heterocycles. The van der Waals surface area contributed by atoms with Crippen molar-refractivity contribution >= 4 is 34.6 Å². The summed E-state index contributed by atoms with van der Waals surface area (Å²) < 4.78 is 15.9. The van der Waals surface area contributed by atoms with E-state index in [2.05, 4.69) is 15.6 Å². The van der Waals surface area contributed by atoms with Crippen molar-refractivity contribution < 1.29 is 28.6 Å². The van der Waals surface area contributed by atoms with Crippen LogP contribution in [0.25, 0.3) is 10.9 Å². The molecule has 0 aliphatic heterocycles. The lowest BCUT2D eigenvalue weighted by Crippen LogP contribution is -2.45. The Morgan fingerprint density at radius 3 is 2.32 bits per heavy atom. The summed E-state index contributed by atoms with van der Waals surface area (Å²) in [4.78, 5) is 41.2. The van der Waals surface area contributed by atoms with Gasteiger partial charge in [-0.2, -0.15) is 0 Å². The van der Waals surface area contributed by atoms with Gasteiger partial charge in [-0.05, 0) is 49.9 Å². The number of hydrogen-bond acceptors (Lipinski definition) is 7. The second-order valence-electron chi connectivity index (χ2n) is 10.4. The second kappa shape index (κ2) is 12.5. The number of esters is 2. The zero-order valence-corrected chi connectivity index (χ0v) is 22.8. The number of alkyl carbamates (subject to hydrolysis) is 1. The highest BCUT2D eigenvalue weighted by molar-refractivity contribution is 5.97. The number of ether oxygens (including phenoxy) is 3. The summed E-state index contributed by atoms with van der Waals surface area (Å²) in [5, 5.41) is 6.76. The van der Waals surface area contributed by atoms with Crippen LogP contribution in [0, 0.1) is 5.92 Å². The molecule has 38 heavy (non-hydrogen) atoms. The molecule has 0 saturated heterocycles. The van der Waals surface area contributed by atoms with Crippen molar-refractivity contribution in [3.05, 3.63) is 65.9 Å². The minimum Gasteiger partial charge on any atom is -0.467 e. The minimum atomic E-state index is -0.973. The lowest BCUT2D eigenvalue weighted by molar-refractivity contribution is -0.147. The largest absolute Gasteiger partial charge is 0.467 e. The number of anilines is 1. The van der Waals surface area contributed by atoms with E-state index in [0.29, 0.717) is 5.69 Å². The van der Waals surface area contributed by atoms with Crippen molar-refractivity contribution in [2.45, 2.75) is 65.3 Å². The van der Waals surface area contributed by atoms with Gasteiger partial charge in [0.25, 0.3) is 0 Å². The summed E-state index contributed by atoms with van der Waals surface area (Å²) in [6.45, 7) is 9.30. The number of fused-ring (bicyclic) bond motifs is 1. The van der Waals surface area contributed by atoms with E-state index in [-0.39, 0.29) is 24.9 Å². The highest BCUT2D eigenvalue weighted by atomic mass is 16.6. The van der Waals surface area contributed by atoms with Gasteiger partial charge in [-0.1, -0.05) is 50.2 Å². The van der Waals surface area contributed by atoms with Crippen molar-refractivity contribution in [3.63, 3.8) is 0 Å². The quantitative estimate of drug-likeness (QED) is 0.254. The van der Waals surface area contributed by atoms with E-state index >= 15 is 0 Å². The van der Waals surface area contributed by atoms with E-state index in [4.69, 9.17) is 14.2 Å². The zero-order valence-electron chi connectivity index (χ0n) is 22.8. The SMILES string of the molecule is COC(=O)[C@H](Cc1c[nH]c2cccc(N[C@H](C(=O)OCc3ccccc3)C(C)C)c12)NC(=O)OC(C)(C)C. The molecule has 0 bridgehead atoms. The fourth-order valence-corrected chi connectivity index (χ4v) is 4.03. The molecule has 0 radical (unpaired) electrons. The molecule has 0 unspecified atom stereocenters. The Balaban J connectivity index is 1.83. The third kappa shape index (κ3) is 7.74. The fourth-order valence-electron chi connectivity index (χ4n) is 4.03. The molecule has 1 amide bonds. The predicted octanol–water partition coefficient (Wildman–Crippen LogP) is 4.96. The molecule has 0 fully saturated rings. The van der Waals surface area contributed by atoms with E-state index in [1.165, 1.54) is 7.11 Å². The van der Waals surface area contributed by atoms with Crippen molar-refractivity contribution in [2.75, 3.05) is 12.4 Å². The summed E-state index contributed by atoms with van der Waals surface area (Å²) in [5.41, 5.74) is 2.46. The minimum absolute atomic E-state index is 0.0624. The number of hydrogen-bond donors (Lipinski definition) is 3. The van der Waals surface area contributed by atoms with Crippen LogP contribution in [0.5, 0.6) is 0 Å². The number of aromatic amines is 1. The molecule has 0 aliphatic rings. The number of rotatable bonds is 10. The number of carbonyl (C=O) groups is 3. The van der Waals surface area contributed by atoms with E-state index in [1.807, 2.05) is 62.4 Å². The van der Waals surface area contributed by atoms with E-state index in [0.717, 1.165) is 22.0 Å². The van der Waals surface area contributed by atoms with Gasteiger partial charge in [0, 0.05) is 29.2 Å². The molecule has 9 heteroatoms. The number of amides is 1. The maximum atomic E-state index is 13.0. The number of nitrogens with one attached hydrogen (secondary N) is 3. The summed E-state index contributed by atoms with van der Waals surface area (Å²) >= 11 is 0. The highest BCUT2D eigenvalue weighted by Crippen LogP contribution is 2.29. The topological polar surface area (TPSA) is 119 Å². The first-order valence-corrected chi connectivity index (χ1v) is 12.6. The first-order chi connectivity index (χ1) is 18.0. The van der Waals surface area contributed by atoms with Gasteiger partial charge < -0.3 is 29.8 Å². The van der Waals surface area contributed by atoms with Crippen LogP contribution in [0.4, 0.5) is 10.5 Å². The van der Waals surface area contributed by atoms with Crippen LogP contribution in [0.2, 0.25) is 0 Å². The third-order valence-corrected chi connectivity index (χ3v) is 5.84. The first-order valence-electron chi connectivity index (χ1n) is 12.6. The van der Waals surface area contributed by atoms with Gasteiger partial charge in [-0.15, -0.1) is 0 Å². The lowest BCUT2D eigenvalue weighted by Gasteiger charge is -2.24. The van der Waals surface area contributed by atoms with Gasteiger partial charge >= 0.3 is 18.0 Å². The first kappa shape index (κ1) is 28.6. The van der Waals surface area contributed by atoms with Crippen LogP contribution >= 0.6 is 0 Å². The molecular weight excluding hydrogens is 486 g/mol. The maximum Gasteiger partial charge on any atom is 0.408 e. The van der Waals surface area contributed by atoms with Gasteiger partial charge in [0.05, 0.1) is 7.11 Å². The van der Waals surface area contributed by atoms with Crippen LogP contribution in [-0.2, 0) is 36.8 Å². The molecule has 0 saturated carbocycles. The van der Waals surface area contributed by atoms with Crippen LogP contribution in [0.15, 0.2) is 54.7 Å². The van der Waals surface area contributed by atoms with Crippen molar-refractivity contribution in [3.8, 4) is 0 Å². The molecular formula is C29H37N3O6. The van der Waals surface area contributed by atoms with Gasteiger partial charge in [-0.3, -0.25) is 0 Å². The maximum absolute atomic E-state index is 13.0. The molecule has 3 aromatic rings. The molecule has 204 valence electrons. The van der Waals surface area contributed by atoms with Gasteiger partial charge in [0.1, 0.15) is 24.3 Å². The number of methoxy groups -OCH3 is 1. The molecule has 1 aromatic heterocycles. The van der Waals surface area contributed by atoms with Crippen molar-refractivity contribution in [2.24, 2.45) is 5.92 Å². The molecule has 9 nitrogen and oxygen atoms in total. The summed E-state index contributed by atoms with van der Waals surface area (Å²) in [6.07, 6.45) is 1.21. The Labute approximate surface area is 223 Å². The Bertz CT molecular complexity index is 1250. The molecule has 3 N–H and O–H groups in total. The van der Waals surface area contributed by atoms with Gasteiger partial charge in [0.2, 0.25) is 0 Å².